The van der Waals surface area contributed by atoms with Gasteiger partial charge in [0.2, 0.25) is 0 Å². The third-order valence-electron chi connectivity index (χ3n) is 6.29. The highest BCUT2D eigenvalue weighted by Crippen LogP contribution is 2.26. The maximum absolute atomic E-state index is 5.44. The molecule has 28 heavy (non-hydrogen) atoms. The van der Waals surface area contributed by atoms with E-state index in [1.807, 2.05) is 0 Å². The highest BCUT2D eigenvalue weighted by molar-refractivity contribution is 14.0. The van der Waals surface area contributed by atoms with Crippen LogP contribution in [0, 0.1) is 5.92 Å². The number of nitrogens with one attached hydrogen (secondary N) is 2. The number of ether oxygens (including phenoxy) is 1. The summed E-state index contributed by atoms with van der Waals surface area (Å²) < 4.78 is 5.44. The molecule has 6 nitrogen and oxygen atoms in total. The van der Waals surface area contributed by atoms with E-state index in [0.717, 1.165) is 57.9 Å². The molecule has 3 rings (SSSR count). The van der Waals surface area contributed by atoms with Gasteiger partial charge >= 0.3 is 0 Å². The summed E-state index contributed by atoms with van der Waals surface area (Å²) in [5.41, 5.74) is 0. The van der Waals surface area contributed by atoms with E-state index in [9.17, 15) is 0 Å². The lowest BCUT2D eigenvalue weighted by Gasteiger charge is -2.36. The zero-order valence-corrected chi connectivity index (χ0v) is 20.3. The molecule has 1 atom stereocenters. The number of aliphatic imine (C=N–C) groups is 1. The van der Waals surface area contributed by atoms with E-state index >= 15 is 0 Å². The van der Waals surface area contributed by atoms with Crippen LogP contribution >= 0.6 is 24.0 Å². The van der Waals surface area contributed by atoms with Gasteiger partial charge in [0, 0.05) is 57.9 Å². The van der Waals surface area contributed by atoms with Crippen LogP contribution in [0.3, 0.4) is 0 Å². The first-order valence-electron chi connectivity index (χ1n) is 11.3. The zero-order valence-electron chi connectivity index (χ0n) is 18.0. The van der Waals surface area contributed by atoms with Crippen LogP contribution < -0.4 is 10.6 Å². The third kappa shape index (κ3) is 7.95. The standard InChI is InChI=1S/C21H41N5O.HI/c1-3-22-21(23-16-18(2)17-25-12-14-27-15-13-25)24-19-8-10-26(11-9-19)20-6-4-5-7-20;/h18-20H,3-17H2,1-2H3,(H2,22,23,24);1H. The molecule has 2 aliphatic heterocycles. The van der Waals surface area contributed by atoms with Crippen LogP contribution in [-0.2, 0) is 4.74 Å². The lowest BCUT2D eigenvalue weighted by molar-refractivity contribution is 0.0323. The van der Waals surface area contributed by atoms with Gasteiger partial charge in [-0.15, -0.1) is 24.0 Å². The maximum Gasteiger partial charge on any atom is 0.191 e. The van der Waals surface area contributed by atoms with Crippen LogP contribution in [0.1, 0.15) is 52.4 Å². The van der Waals surface area contributed by atoms with Gasteiger partial charge in [-0.05, 0) is 38.5 Å². The summed E-state index contributed by atoms with van der Waals surface area (Å²) in [5, 5.41) is 7.15. The summed E-state index contributed by atoms with van der Waals surface area (Å²) in [7, 11) is 0. The fourth-order valence-corrected chi connectivity index (χ4v) is 4.72. The van der Waals surface area contributed by atoms with Gasteiger partial charge in [0.1, 0.15) is 0 Å². The largest absolute Gasteiger partial charge is 0.379 e. The maximum atomic E-state index is 5.44. The fourth-order valence-electron chi connectivity index (χ4n) is 4.72. The molecule has 0 radical (unpaired) electrons. The summed E-state index contributed by atoms with van der Waals surface area (Å²) in [6.45, 7) is 13.7. The van der Waals surface area contributed by atoms with Gasteiger partial charge in [0.15, 0.2) is 5.96 Å². The van der Waals surface area contributed by atoms with Gasteiger partial charge in [0.25, 0.3) is 0 Å². The number of hydrogen-bond acceptors (Lipinski definition) is 4. The molecule has 1 saturated carbocycles. The molecule has 1 unspecified atom stereocenters. The Morgan fingerprint density at radius 3 is 2.39 bits per heavy atom. The van der Waals surface area contributed by atoms with Crippen LogP contribution in [0.25, 0.3) is 0 Å². The molecule has 2 heterocycles. The van der Waals surface area contributed by atoms with Crippen molar-refractivity contribution in [1.29, 1.82) is 0 Å². The molecule has 0 spiro atoms. The predicted molar refractivity (Wildman–Crippen MR) is 128 cm³/mol. The number of guanidine groups is 1. The normalized spacial score (nSPS) is 24.7. The molecule has 0 aromatic carbocycles. The SMILES string of the molecule is CCNC(=NCC(C)CN1CCOCC1)NC1CCN(C2CCCC2)CC1.I. The summed E-state index contributed by atoms with van der Waals surface area (Å²) in [4.78, 5) is 10.1. The minimum Gasteiger partial charge on any atom is -0.379 e. The Morgan fingerprint density at radius 1 is 1.07 bits per heavy atom. The van der Waals surface area contributed by atoms with E-state index in [1.165, 1.54) is 51.6 Å². The highest BCUT2D eigenvalue weighted by atomic mass is 127. The monoisotopic (exact) mass is 507 g/mol. The number of rotatable bonds is 7. The lowest BCUT2D eigenvalue weighted by atomic mass is 10.0. The first-order chi connectivity index (χ1) is 13.2. The minimum absolute atomic E-state index is 0. The predicted octanol–water partition coefficient (Wildman–Crippen LogP) is 2.53. The van der Waals surface area contributed by atoms with Crippen molar-refractivity contribution >= 4 is 29.9 Å². The molecular weight excluding hydrogens is 465 g/mol. The second kappa shape index (κ2) is 13.2. The molecule has 0 bridgehead atoms. The minimum atomic E-state index is 0. The highest BCUT2D eigenvalue weighted by Gasteiger charge is 2.27. The van der Waals surface area contributed by atoms with Crippen LogP contribution in [0.4, 0.5) is 0 Å². The molecule has 0 amide bonds. The second-order valence-electron chi connectivity index (χ2n) is 8.63. The van der Waals surface area contributed by atoms with Gasteiger partial charge in [-0.2, -0.15) is 0 Å². The molecule has 0 aromatic heterocycles. The van der Waals surface area contributed by atoms with E-state index in [4.69, 9.17) is 9.73 Å². The second-order valence-corrected chi connectivity index (χ2v) is 8.63. The van der Waals surface area contributed by atoms with Gasteiger partial charge in [-0.25, -0.2) is 0 Å². The Kier molecular flexibility index (Phi) is 11.4. The molecule has 1 aliphatic carbocycles. The molecule has 2 N–H and O–H groups in total. The van der Waals surface area contributed by atoms with Crippen molar-refractivity contribution in [3.63, 3.8) is 0 Å². The van der Waals surface area contributed by atoms with Crippen molar-refractivity contribution in [3.05, 3.63) is 0 Å². The average Bonchev–Trinajstić information content (AvgIpc) is 3.22. The summed E-state index contributed by atoms with van der Waals surface area (Å²) in [6.07, 6.45) is 8.19. The number of halogens is 1. The Labute approximate surface area is 189 Å². The van der Waals surface area contributed by atoms with Crippen LogP contribution in [0.15, 0.2) is 4.99 Å². The Bertz CT molecular complexity index is 444. The lowest BCUT2D eigenvalue weighted by Crippen LogP contribution is -2.50. The Balaban J connectivity index is 0.00000280. The van der Waals surface area contributed by atoms with Crippen molar-refractivity contribution in [3.8, 4) is 0 Å². The number of hydrogen-bond donors (Lipinski definition) is 2. The number of morpholine rings is 1. The van der Waals surface area contributed by atoms with Crippen LogP contribution in [0.5, 0.6) is 0 Å². The van der Waals surface area contributed by atoms with E-state index in [-0.39, 0.29) is 24.0 Å². The summed E-state index contributed by atoms with van der Waals surface area (Å²) in [6, 6.07) is 1.43. The smallest absolute Gasteiger partial charge is 0.191 e. The molecule has 3 fully saturated rings. The Hall–Kier alpha value is -0.120. The van der Waals surface area contributed by atoms with Crippen molar-refractivity contribution < 1.29 is 4.74 Å². The van der Waals surface area contributed by atoms with E-state index in [2.05, 4.69) is 34.3 Å². The van der Waals surface area contributed by atoms with Crippen molar-refractivity contribution in [2.75, 3.05) is 59.0 Å². The molecular formula is C21H42IN5O. The van der Waals surface area contributed by atoms with Gasteiger partial charge in [-0.3, -0.25) is 9.89 Å². The molecule has 3 aliphatic rings. The van der Waals surface area contributed by atoms with Crippen LogP contribution in [0.2, 0.25) is 0 Å². The van der Waals surface area contributed by atoms with Gasteiger partial charge in [0.05, 0.1) is 13.2 Å². The molecule has 7 heteroatoms. The summed E-state index contributed by atoms with van der Waals surface area (Å²) in [5.74, 6) is 1.58. The number of nitrogens with zero attached hydrogens (tertiary/aromatic N) is 3. The van der Waals surface area contributed by atoms with Crippen LogP contribution in [-0.4, -0.2) is 86.9 Å². The molecule has 2 saturated heterocycles. The van der Waals surface area contributed by atoms with Crippen molar-refractivity contribution in [2.45, 2.75) is 64.5 Å². The topological polar surface area (TPSA) is 52.1 Å². The fraction of sp³-hybridized carbons (Fsp3) is 0.952. The van der Waals surface area contributed by atoms with E-state index in [1.54, 1.807) is 0 Å². The van der Waals surface area contributed by atoms with Gasteiger partial charge < -0.3 is 20.3 Å². The molecule has 164 valence electrons. The Morgan fingerprint density at radius 2 is 1.75 bits per heavy atom. The zero-order chi connectivity index (χ0) is 18.9. The van der Waals surface area contributed by atoms with Crippen molar-refractivity contribution in [2.24, 2.45) is 10.9 Å². The summed E-state index contributed by atoms with van der Waals surface area (Å²) >= 11 is 0. The first kappa shape index (κ1) is 24.2. The number of piperidine rings is 1. The number of likely N-dealkylation sites (tertiary alicyclic amines) is 1. The quantitative estimate of drug-likeness (QED) is 0.315. The first-order valence-corrected chi connectivity index (χ1v) is 11.3. The average molecular weight is 508 g/mol. The van der Waals surface area contributed by atoms with E-state index < -0.39 is 0 Å². The third-order valence-corrected chi connectivity index (χ3v) is 6.29. The van der Waals surface area contributed by atoms with E-state index in [0.29, 0.717) is 12.0 Å². The van der Waals surface area contributed by atoms with Crippen molar-refractivity contribution in [1.82, 2.24) is 20.4 Å². The molecule has 0 aromatic rings. The van der Waals surface area contributed by atoms with Gasteiger partial charge in [-0.1, -0.05) is 19.8 Å².